The molecule has 0 rings (SSSR count). The third-order valence-electron chi connectivity index (χ3n) is 12.4. The van der Waals surface area contributed by atoms with Gasteiger partial charge < -0.3 is 0 Å². The van der Waals surface area contributed by atoms with Gasteiger partial charge in [-0.15, -0.1) is 13.2 Å². The minimum absolute atomic E-state index is 0.804. The third kappa shape index (κ3) is 35.6. The molecule has 55 heavy (non-hydrogen) atoms. The molecule has 0 fully saturated rings. The van der Waals surface area contributed by atoms with E-state index in [4.69, 9.17) is 0 Å². The van der Waals surface area contributed by atoms with Gasteiger partial charge >= 0.3 is 0 Å². The molecule has 0 aromatic rings. The zero-order chi connectivity index (χ0) is 40.1. The van der Waals surface area contributed by atoms with Crippen LogP contribution in [0.2, 0.25) is 0 Å². The van der Waals surface area contributed by atoms with Crippen LogP contribution >= 0.6 is 0 Å². The zero-order valence-electron chi connectivity index (χ0n) is 38.7. The molecule has 1 unspecified atom stereocenters. The number of unbranched alkanes of at least 4 members (excludes halogenated alkanes) is 30. The Morgan fingerprint density at radius 2 is 0.818 bits per heavy atom. The van der Waals surface area contributed by atoms with Crippen LogP contribution in [0.15, 0.2) is 60.3 Å². The minimum Gasteiger partial charge on any atom is -0.103 e. The van der Waals surface area contributed by atoms with E-state index >= 15 is 0 Å². The van der Waals surface area contributed by atoms with Crippen LogP contribution in [-0.4, -0.2) is 0 Å². The first-order valence-corrected chi connectivity index (χ1v) is 25.4. The van der Waals surface area contributed by atoms with Crippen molar-refractivity contribution in [2.45, 2.75) is 285 Å². The fourth-order valence-corrected chi connectivity index (χ4v) is 8.82. The van der Waals surface area contributed by atoms with Crippen LogP contribution in [0.1, 0.15) is 285 Å². The number of rotatable bonds is 45. The second-order valence-electron chi connectivity index (χ2n) is 17.4. The van der Waals surface area contributed by atoms with Gasteiger partial charge in [-0.2, -0.15) is 0 Å². The predicted molar refractivity (Wildman–Crippen MR) is 256 cm³/mol. The first-order chi connectivity index (χ1) is 27.2. The standard InChI is InChI=1S/C55H102/c1-7-13-18-21-24-26-28-29-30-31-32-34-35-37-40-44-49-52(47-42-16-10-4)54(12-6)55(51-46-41-38-36-33-27-25-22-19-14-8-2)53(48-43-17-11-5)50-45-39-23-20-15-9-3/h7-9,13,48,52H,2-3,10-12,14-47,49-51H2,1,4-6H3. The molecule has 0 aromatic heterocycles. The quantitative estimate of drug-likeness (QED) is 0.0329. The summed E-state index contributed by atoms with van der Waals surface area (Å²) in [5.74, 6) is 0.804. The minimum atomic E-state index is 0.804. The van der Waals surface area contributed by atoms with Crippen molar-refractivity contribution in [3.8, 4) is 0 Å². The lowest BCUT2D eigenvalue weighted by Crippen LogP contribution is -2.10. The first-order valence-electron chi connectivity index (χ1n) is 25.4. The Hall–Kier alpha value is -1.30. The van der Waals surface area contributed by atoms with Gasteiger partial charge in [0, 0.05) is 0 Å². The van der Waals surface area contributed by atoms with Gasteiger partial charge in [0.25, 0.3) is 0 Å². The molecule has 0 bridgehead atoms. The van der Waals surface area contributed by atoms with Crippen LogP contribution in [-0.2, 0) is 0 Å². The van der Waals surface area contributed by atoms with E-state index in [1.165, 1.54) is 257 Å². The molecule has 0 aromatic carbocycles. The first kappa shape index (κ1) is 53.7. The summed E-state index contributed by atoms with van der Waals surface area (Å²) in [6.07, 6.45) is 66.8. The molecule has 0 aliphatic carbocycles. The average Bonchev–Trinajstić information content (AvgIpc) is 3.19. The molecule has 0 spiro atoms. The summed E-state index contributed by atoms with van der Waals surface area (Å²) >= 11 is 0. The molecule has 0 heterocycles. The summed E-state index contributed by atoms with van der Waals surface area (Å²) in [4.78, 5) is 0. The van der Waals surface area contributed by atoms with E-state index in [2.05, 4.69) is 71.2 Å². The van der Waals surface area contributed by atoms with E-state index in [1.807, 2.05) is 11.1 Å². The fraction of sp³-hybridized carbons (Fsp3) is 0.818. The normalized spacial score (nSPS) is 13.1. The van der Waals surface area contributed by atoms with Gasteiger partial charge in [-0.1, -0.05) is 224 Å². The van der Waals surface area contributed by atoms with Crippen LogP contribution in [0.4, 0.5) is 0 Å². The molecular formula is C55H102. The SMILES string of the molecule is C=CCCCCCCCCCCCC(C(=CCCCC)CCCCCCC=C)=C(CC)C(CCCCC)CCCCCCCCCCCCCCCC=CC. The molecule has 0 aliphatic rings. The molecule has 0 aliphatic heterocycles. The molecule has 0 nitrogen and oxygen atoms in total. The maximum Gasteiger partial charge on any atom is -0.0197 e. The molecule has 0 heteroatoms. The molecule has 0 saturated carbocycles. The van der Waals surface area contributed by atoms with E-state index in [9.17, 15) is 0 Å². The van der Waals surface area contributed by atoms with Gasteiger partial charge in [0.1, 0.15) is 0 Å². The smallest absolute Gasteiger partial charge is 0.0197 e. The lowest BCUT2D eigenvalue weighted by molar-refractivity contribution is 0.441. The Labute approximate surface area is 349 Å². The van der Waals surface area contributed by atoms with Gasteiger partial charge in [0.2, 0.25) is 0 Å². The molecule has 0 radical (unpaired) electrons. The van der Waals surface area contributed by atoms with Gasteiger partial charge in [-0.3, -0.25) is 0 Å². The highest BCUT2D eigenvalue weighted by atomic mass is 14.2. The van der Waals surface area contributed by atoms with Gasteiger partial charge in [0.15, 0.2) is 0 Å². The lowest BCUT2D eigenvalue weighted by Gasteiger charge is -2.26. The molecule has 322 valence electrons. The van der Waals surface area contributed by atoms with Crippen LogP contribution < -0.4 is 0 Å². The average molecular weight is 763 g/mol. The number of hydrogen-bond donors (Lipinski definition) is 0. The topological polar surface area (TPSA) is 0 Å². The van der Waals surface area contributed by atoms with Crippen molar-refractivity contribution in [3.63, 3.8) is 0 Å². The highest BCUT2D eigenvalue weighted by Gasteiger charge is 2.19. The van der Waals surface area contributed by atoms with Crippen molar-refractivity contribution >= 4 is 0 Å². The highest BCUT2D eigenvalue weighted by molar-refractivity contribution is 5.37. The van der Waals surface area contributed by atoms with Crippen LogP contribution in [0.5, 0.6) is 0 Å². The van der Waals surface area contributed by atoms with Gasteiger partial charge in [-0.25, -0.2) is 0 Å². The Morgan fingerprint density at radius 1 is 0.418 bits per heavy atom. The molecule has 0 amide bonds. The second kappa shape index (κ2) is 45.4. The largest absolute Gasteiger partial charge is 0.103 e. The number of hydrogen-bond acceptors (Lipinski definition) is 0. The summed E-state index contributed by atoms with van der Waals surface area (Å²) in [6, 6.07) is 0. The van der Waals surface area contributed by atoms with Gasteiger partial charge in [-0.05, 0) is 114 Å². The summed E-state index contributed by atoms with van der Waals surface area (Å²) < 4.78 is 0. The summed E-state index contributed by atoms with van der Waals surface area (Å²) in [7, 11) is 0. The number of allylic oxidation sites excluding steroid dienone is 8. The highest BCUT2D eigenvalue weighted by Crippen LogP contribution is 2.36. The Kier molecular flexibility index (Phi) is 44.3. The van der Waals surface area contributed by atoms with Crippen molar-refractivity contribution < 1.29 is 0 Å². The predicted octanol–water partition coefficient (Wildman–Crippen LogP) is 20.4. The van der Waals surface area contributed by atoms with Gasteiger partial charge in [0.05, 0.1) is 0 Å². The molecule has 0 N–H and O–H groups in total. The summed E-state index contributed by atoms with van der Waals surface area (Å²) in [5.41, 5.74) is 5.52. The molecular weight excluding hydrogens is 661 g/mol. The Morgan fingerprint density at radius 3 is 1.25 bits per heavy atom. The van der Waals surface area contributed by atoms with E-state index in [-0.39, 0.29) is 0 Å². The van der Waals surface area contributed by atoms with Crippen molar-refractivity contribution in [1.82, 2.24) is 0 Å². The second-order valence-corrected chi connectivity index (χ2v) is 17.4. The molecule has 0 saturated heterocycles. The van der Waals surface area contributed by atoms with E-state index in [0.717, 1.165) is 5.92 Å². The van der Waals surface area contributed by atoms with Crippen molar-refractivity contribution in [2.75, 3.05) is 0 Å². The van der Waals surface area contributed by atoms with E-state index in [0.29, 0.717) is 0 Å². The van der Waals surface area contributed by atoms with Crippen LogP contribution in [0.25, 0.3) is 0 Å². The maximum atomic E-state index is 3.96. The van der Waals surface area contributed by atoms with Crippen LogP contribution in [0.3, 0.4) is 0 Å². The summed E-state index contributed by atoms with van der Waals surface area (Å²) in [5, 5.41) is 0. The van der Waals surface area contributed by atoms with Crippen LogP contribution in [0, 0.1) is 5.92 Å². The van der Waals surface area contributed by atoms with Crippen molar-refractivity contribution in [2.24, 2.45) is 5.92 Å². The Bertz CT molecular complexity index is 882. The monoisotopic (exact) mass is 763 g/mol. The lowest BCUT2D eigenvalue weighted by atomic mass is 9.79. The zero-order valence-corrected chi connectivity index (χ0v) is 38.7. The van der Waals surface area contributed by atoms with Crippen molar-refractivity contribution in [3.05, 3.63) is 60.3 Å². The third-order valence-corrected chi connectivity index (χ3v) is 12.4. The maximum absolute atomic E-state index is 3.96. The van der Waals surface area contributed by atoms with E-state index < -0.39 is 0 Å². The van der Waals surface area contributed by atoms with Crippen molar-refractivity contribution in [1.29, 1.82) is 0 Å². The Balaban J connectivity index is 5.37. The summed E-state index contributed by atoms with van der Waals surface area (Å²) in [6.45, 7) is 17.2. The molecule has 1 atom stereocenters. The fourth-order valence-electron chi connectivity index (χ4n) is 8.82. The van der Waals surface area contributed by atoms with E-state index in [1.54, 1.807) is 5.57 Å².